The van der Waals surface area contributed by atoms with Crippen molar-refractivity contribution in [3.8, 4) is 0 Å². The number of fused-ring (bicyclic) bond motifs is 1. The molecular formula is C17H17FN2O. The van der Waals surface area contributed by atoms with Crippen LogP contribution in [-0.2, 0) is 11.2 Å². The molecule has 0 bridgehead atoms. The summed E-state index contributed by atoms with van der Waals surface area (Å²) in [7, 11) is 0. The van der Waals surface area contributed by atoms with Crippen LogP contribution in [0.1, 0.15) is 23.6 Å². The Hall–Kier alpha value is -2.20. The first-order valence-electron chi connectivity index (χ1n) is 7.04. The smallest absolute Gasteiger partial charge is 0.231 e. The summed E-state index contributed by atoms with van der Waals surface area (Å²) in [5.74, 6) is -0.346. The van der Waals surface area contributed by atoms with E-state index in [0.29, 0.717) is 12.1 Å². The van der Waals surface area contributed by atoms with Crippen LogP contribution in [0.4, 0.5) is 10.1 Å². The van der Waals surface area contributed by atoms with Crippen molar-refractivity contribution in [2.24, 2.45) is 5.73 Å². The maximum atomic E-state index is 13.2. The molecular weight excluding hydrogens is 267 g/mol. The van der Waals surface area contributed by atoms with Crippen LogP contribution in [0.3, 0.4) is 0 Å². The van der Waals surface area contributed by atoms with Gasteiger partial charge in [0.15, 0.2) is 0 Å². The summed E-state index contributed by atoms with van der Waals surface area (Å²) in [5, 5.41) is 0. The van der Waals surface area contributed by atoms with E-state index in [9.17, 15) is 9.18 Å². The van der Waals surface area contributed by atoms with Gasteiger partial charge in [0, 0.05) is 18.3 Å². The van der Waals surface area contributed by atoms with Gasteiger partial charge in [-0.1, -0.05) is 30.3 Å². The molecule has 0 saturated heterocycles. The molecule has 3 rings (SSSR count). The Balaban J connectivity index is 1.84. The molecule has 2 aromatic carbocycles. The number of carbonyl (C=O) groups is 1. The lowest BCUT2D eigenvalue weighted by atomic mass is 9.96. The van der Waals surface area contributed by atoms with E-state index in [0.717, 1.165) is 17.7 Å². The van der Waals surface area contributed by atoms with E-state index < -0.39 is 0 Å². The molecule has 1 unspecified atom stereocenters. The fourth-order valence-electron chi connectivity index (χ4n) is 2.77. The van der Waals surface area contributed by atoms with Gasteiger partial charge in [-0.25, -0.2) is 4.39 Å². The highest BCUT2D eigenvalue weighted by atomic mass is 19.1. The maximum absolute atomic E-state index is 13.2. The summed E-state index contributed by atoms with van der Waals surface area (Å²) < 4.78 is 13.2. The summed E-state index contributed by atoms with van der Waals surface area (Å²) in [6.07, 6.45) is 0.938. The first-order valence-corrected chi connectivity index (χ1v) is 7.04. The molecule has 1 atom stereocenters. The third-order valence-corrected chi connectivity index (χ3v) is 3.84. The third kappa shape index (κ3) is 2.81. The topological polar surface area (TPSA) is 46.3 Å². The molecule has 0 aromatic heterocycles. The van der Waals surface area contributed by atoms with Crippen molar-refractivity contribution in [2.75, 3.05) is 11.4 Å². The zero-order chi connectivity index (χ0) is 14.8. The van der Waals surface area contributed by atoms with Crippen LogP contribution >= 0.6 is 0 Å². The number of carbonyl (C=O) groups excluding carboxylic acids is 1. The van der Waals surface area contributed by atoms with Crippen LogP contribution in [-0.4, -0.2) is 12.5 Å². The SMILES string of the molecule is NC1CCN(C(=O)Cc2cccc(F)c2)c2ccccc21. The number of benzene rings is 2. The first kappa shape index (κ1) is 13.8. The van der Waals surface area contributed by atoms with E-state index in [1.165, 1.54) is 12.1 Å². The Bertz CT molecular complexity index is 671. The maximum Gasteiger partial charge on any atom is 0.231 e. The second-order valence-electron chi connectivity index (χ2n) is 5.31. The molecule has 3 nitrogen and oxygen atoms in total. The van der Waals surface area contributed by atoms with Crippen LogP contribution in [0.15, 0.2) is 48.5 Å². The van der Waals surface area contributed by atoms with Gasteiger partial charge in [-0.15, -0.1) is 0 Å². The number of rotatable bonds is 2. The minimum atomic E-state index is -0.318. The van der Waals surface area contributed by atoms with Crippen LogP contribution < -0.4 is 10.6 Å². The Morgan fingerprint density at radius 3 is 2.86 bits per heavy atom. The number of halogens is 1. The molecule has 0 aliphatic carbocycles. The van der Waals surface area contributed by atoms with Crippen molar-refractivity contribution in [3.05, 3.63) is 65.5 Å². The number of anilines is 1. The molecule has 0 fully saturated rings. The lowest BCUT2D eigenvalue weighted by Gasteiger charge is -2.32. The van der Waals surface area contributed by atoms with E-state index in [1.807, 2.05) is 24.3 Å². The molecule has 2 aromatic rings. The summed E-state index contributed by atoms with van der Waals surface area (Å²) in [6, 6.07) is 13.8. The Labute approximate surface area is 123 Å². The molecule has 1 amide bonds. The fourth-order valence-corrected chi connectivity index (χ4v) is 2.77. The predicted molar refractivity (Wildman–Crippen MR) is 80.4 cm³/mol. The van der Waals surface area contributed by atoms with E-state index in [1.54, 1.807) is 17.0 Å². The van der Waals surface area contributed by atoms with Gasteiger partial charge in [-0.2, -0.15) is 0 Å². The summed E-state index contributed by atoms with van der Waals surface area (Å²) in [6.45, 7) is 0.604. The number of amides is 1. The number of nitrogens with zero attached hydrogens (tertiary/aromatic N) is 1. The van der Waals surface area contributed by atoms with Gasteiger partial charge in [0.2, 0.25) is 5.91 Å². The third-order valence-electron chi connectivity index (χ3n) is 3.84. The van der Waals surface area contributed by atoms with Crippen molar-refractivity contribution < 1.29 is 9.18 Å². The van der Waals surface area contributed by atoms with Crippen molar-refractivity contribution >= 4 is 11.6 Å². The van der Waals surface area contributed by atoms with Gasteiger partial charge in [0.1, 0.15) is 5.82 Å². The molecule has 0 saturated carbocycles. The lowest BCUT2D eigenvalue weighted by Crippen LogP contribution is -2.39. The second-order valence-corrected chi connectivity index (χ2v) is 5.31. The van der Waals surface area contributed by atoms with Crippen LogP contribution in [0.5, 0.6) is 0 Å². The number of hydrogen-bond donors (Lipinski definition) is 1. The summed E-state index contributed by atoms with van der Waals surface area (Å²) in [5.41, 5.74) is 8.65. The van der Waals surface area contributed by atoms with Crippen LogP contribution in [0.2, 0.25) is 0 Å². The average Bonchev–Trinajstić information content (AvgIpc) is 2.48. The van der Waals surface area contributed by atoms with Gasteiger partial charge in [-0.05, 0) is 35.7 Å². The summed E-state index contributed by atoms with van der Waals surface area (Å²) in [4.78, 5) is 14.3. The molecule has 0 radical (unpaired) electrons. The number of para-hydroxylation sites is 1. The zero-order valence-electron chi connectivity index (χ0n) is 11.6. The van der Waals surface area contributed by atoms with Crippen molar-refractivity contribution in [1.29, 1.82) is 0 Å². The van der Waals surface area contributed by atoms with E-state index in [4.69, 9.17) is 5.73 Å². The molecule has 21 heavy (non-hydrogen) atoms. The van der Waals surface area contributed by atoms with Gasteiger partial charge < -0.3 is 10.6 Å². The quantitative estimate of drug-likeness (QED) is 0.921. The Morgan fingerprint density at radius 2 is 2.05 bits per heavy atom. The summed E-state index contributed by atoms with van der Waals surface area (Å²) >= 11 is 0. The second kappa shape index (κ2) is 5.66. The normalized spacial score (nSPS) is 17.4. The standard InChI is InChI=1S/C17H17FN2O/c18-13-5-3-4-12(10-13)11-17(21)20-9-8-15(19)14-6-1-2-7-16(14)20/h1-7,10,15H,8-9,11,19H2. The molecule has 1 aliphatic rings. The lowest BCUT2D eigenvalue weighted by molar-refractivity contribution is -0.118. The molecule has 1 aliphatic heterocycles. The predicted octanol–water partition coefficient (Wildman–Crippen LogP) is 2.80. The van der Waals surface area contributed by atoms with Crippen LogP contribution in [0, 0.1) is 5.82 Å². The van der Waals surface area contributed by atoms with E-state index >= 15 is 0 Å². The molecule has 0 spiro atoms. The zero-order valence-corrected chi connectivity index (χ0v) is 11.6. The molecule has 1 heterocycles. The molecule has 2 N–H and O–H groups in total. The van der Waals surface area contributed by atoms with Crippen molar-refractivity contribution in [3.63, 3.8) is 0 Å². The van der Waals surface area contributed by atoms with Gasteiger partial charge in [0.05, 0.1) is 6.42 Å². The Kier molecular flexibility index (Phi) is 3.71. The van der Waals surface area contributed by atoms with Gasteiger partial charge in [-0.3, -0.25) is 4.79 Å². The monoisotopic (exact) mass is 284 g/mol. The minimum Gasteiger partial charge on any atom is -0.324 e. The largest absolute Gasteiger partial charge is 0.324 e. The van der Waals surface area contributed by atoms with Crippen LogP contribution in [0.25, 0.3) is 0 Å². The first-order chi connectivity index (χ1) is 10.1. The highest BCUT2D eigenvalue weighted by molar-refractivity contribution is 5.96. The minimum absolute atomic E-state index is 0.0278. The van der Waals surface area contributed by atoms with Crippen molar-refractivity contribution in [1.82, 2.24) is 0 Å². The van der Waals surface area contributed by atoms with Crippen molar-refractivity contribution in [2.45, 2.75) is 18.9 Å². The number of nitrogens with two attached hydrogens (primary N) is 1. The van der Waals surface area contributed by atoms with Gasteiger partial charge >= 0.3 is 0 Å². The highest BCUT2D eigenvalue weighted by Crippen LogP contribution is 2.32. The number of hydrogen-bond acceptors (Lipinski definition) is 2. The van der Waals surface area contributed by atoms with E-state index in [-0.39, 0.29) is 24.2 Å². The fraction of sp³-hybridized carbons (Fsp3) is 0.235. The average molecular weight is 284 g/mol. The highest BCUT2D eigenvalue weighted by Gasteiger charge is 2.26. The van der Waals surface area contributed by atoms with Gasteiger partial charge in [0.25, 0.3) is 0 Å². The molecule has 4 heteroatoms. The molecule has 108 valence electrons. The Morgan fingerprint density at radius 1 is 1.24 bits per heavy atom. The van der Waals surface area contributed by atoms with E-state index in [2.05, 4.69) is 0 Å².